The lowest BCUT2D eigenvalue weighted by Crippen LogP contribution is -2.32. The smallest absolute Gasteiger partial charge is 0.244 e. The van der Waals surface area contributed by atoms with Gasteiger partial charge in [-0.25, -0.2) is 4.90 Å². The minimum Gasteiger partial charge on any atom is -0.467 e. The van der Waals surface area contributed by atoms with E-state index in [0.29, 0.717) is 18.0 Å². The molecular formula is C23H20N2O4. The van der Waals surface area contributed by atoms with E-state index in [1.807, 2.05) is 6.07 Å². The highest BCUT2D eigenvalue weighted by Crippen LogP contribution is 2.53. The van der Waals surface area contributed by atoms with Gasteiger partial charge in [-0.05, 0) is 54.2 Å². The Hall–Kier alpha value is -3.41. The second kappa shape index (κ2) is 6.88. The van der Waals surface area contributed by atoms with Crippen LogP contribution >= 0.6 is 0 Å². The molecule has 2 bridgehead atoms. The number of anilines is 1. The normalized spacial score (nSPS) is 27.2. The van der Waals surface area contributed by atoms with Gasteiger partial charge >= 0.3 is 0 Å². The summed E-state index contributed by atoms with van der Waals surface area (Å²) in [7, 11) is 0. The largest absolute Gasteiger partial charge is 0.467 e. The summed E-state index contributed by atoms with van der Waals surface area (Å²) >= 11 is 0. The van der Waals surface area contributed by atoms with Crippen LogP contribution in [0.1, 0.15) is 17.7 Å². The van der Waals surface area contributed by atoms with Gasteiger partial charge in [0.2, 0.25) is 17.7 Å². The third-order valence-corrected chi connectivity index (χ3v) is 6.04. The van der Waals surface area contributed by atoms with Crippen molar-refractivity contribution in [2.45, 2.75) is 13.0 Å². The zero-order valence-corrected chi connectivity index (χ0v) is 15.7. The summed E-state index contributed by atoms with van der Waals surface area (Å²) in [5.74, 6) is 0.155. The van der Waals surface area contributed by atoms with Crippen LogP contribution < -0.4 is 10.2 Å². The molecule has 6 nitrogen and oxygen atoms in total. The van der Waals surface area contributed by atoms with E-state index in [4.69, 9.17) is 4.42 Å². The molecule has 4 atom stereocenters. The molecule has 2 aliphatic carbocycles. The van der Waals surface area contributed by atoms with Crippen molar-refractivity contribution in [3.63, 3.8) is 0 Å². The van der Waals surface area contributed by atoms with Crippen molar-refractivity contribution < 1.29 is 18.8 Å². The van der Waals surface area contributed by atoms with Crippen LogP contribution in [0.3, 0.4) is 0 Å². The number of allylic oxidation sites excluding steroid dienone is 2. The lowest BCUT2D eigenvalue weighted by atomic mass is 9.85. The van der Waals surface area contributed by atoms with E-state index in [-0.39, 0.29) is 41.4 Å². The number of carbonyl (C=O) groups is 3. The molecule has 1 N–H and O–H groups in total. The molecule has 1 aliphatic heterocycles. The Labute approximate surface area is 167 Å². The Kier molecular flexibility index (Phi) is 4.19. The molecule has 29 heavy (non-hydrogen) atoms. The standard InChI is InChI=1S/C23H20N2O4/c26-19(24-13-18-5-2-10-29-18)9-6-14-3-1-4-17(11-14)25-22(27)20-15-7-8-16(12-15)21(20)23(25)28/h1-11,15-16,20-21H,12-13H2,(H,24,26). The van der Waals surface area contributed by atoms with E-state index >= 15 is 0 Å². The fourth-order valence-corrected chi connectivity index (χ4v) is 4.74. The zero-order chi connectivity index (χ0) is 20.0. The van der Waals surface area contributed by atoms with Crippen molar-refractivity contribution >= 4 is 29.5 Å². The molecule has 1 saturated carbocycles. The topological polar surface area (TPSA) is 79.6 Å². The fourth-order valence-electron chi connectivity index (χ4n) is 4.74. The molecule has 4 unspecified atom stereocenters. The predicted octanol–water partition coefficient (Wildman–Crippen LogP) is 2.92. The number of furan rings is 1. The van der Waals surface area contributed by atoms with Gasteiger partial charge in [-0.15, -0.1) is 0 Å². The SMILES string of the molecule is O=C(C=Cc1cccc(N2C(=O)C3C4C=CC(C4)C3C2=O)c1)NCc1ccco1. The van der Waals surface area contributed by atoms with Gasteiger partial charge in [0, 0.05) is 6.08 Å². The minimum atomic E-state index is -0.252. The van der Waals surface area contributed by atoms with E-state index in [9.17, 15) is 14.4 Å². The zero-order valence-electron chi connectivity index (χ0n) is 15.7. The number of fused-ring (bicyclic) bond motifs is 5. The Morgan fingerprint density at radius 3 is 2.55 bits per heavy atom. The van der Waals surface area contributed by atoms with Crippen molar-refractivity contribution in [1.29, 1.82) is 0 Å². The summed E-state index contributed by atoms with van der Waals surface area (Å²) < 4.78 is 5.18. The summed E-state index contributed by atoms with van der Waals surface area (Å²) in [6.45, 7) is 0.312. The summed E-state index contributed by atoms with van der Waals surface area (Å²) in [4.78, 5) is 39.2. The van der Waals surface area contributed by atoms with Gasteiger partial charge in [0.15, 0.2) is 0 Å². The maximum Gasteiger partial charge on any atom is 0.244 e. The van der Waals surface area contributed by atoms with E-state index in [2.05, 4.69) is 17.5 Å². The first-order valence-corrected chi connectivity index (χ1v) is 9.76. The van der Waals surface area contributed by atoms with Crippen LogP contribution in [0.5, 0.6) is 0 Å². The van der Waals surface area contributed by atoms with E-state index in [0.717, 1.165) is 12.0 Å². The van der Waals surface area contributed by atoms with Gasteiger partial charge in [0.1, 0.15) is 5.76 Å². The second-order valence-corrected chi connectivity index (χ2v) is 7.74. The van der Waals surface area contributed by atoms with E-state index < -0.39 is 0 Å². The number of hydrogen-bond donors (Lipinski definition) is 1. The first-order chi connectivity index (χ1) is 14.1. The molecule has 2 heterocycles. The molecule has 1 aromatic heterocycles. The third kappa shape index (κ3) is 3.01. The van der Waals surface area contributed by atoms with Crippen LogP contribution in [-0.2, 0) is 20.9 Å². The molecule has 6 heteroatoms. The number of hydrogen-bond acceptors (Lipinski definition) is 4. The van der Waals surface area contributed by atoms with Crippen LogP contribution in [0.4, 0.5) is 5.69 Å². The molecule has 146 valence electrons. The first kappa shape index (κ1) is 17.7. The summed E-state index contributed by atoms with van der Waals surface area (Å²) in [5.41, 5.74) is 1.31. The molecule has 1 aromatic carbocycles. The Morgan fingerprint density at radius 2 is 1.86 bits per heavy atom. The average Bonchev–Trinajstić information content (AvgIpc) is 3.50. The van der Waals surface area contributed by atoms with Crippen LogP contribution in [-0.4, -0.2) is 17.7 Å². The predicted molar refractivity (Wildman–Crippen MR) is 106 cm³/mol. The average molecular weight is 388 g/mol. The lowest BCUT2D eigenvalue weighted by Gasteiger charge is -2.17. The Bertz CT molecular complexity index is 1010. The monoisotopic (exact) mass is 388 g/mol. The highest BCUT2D eigenvalue weighted by atomic mass is 16.3. The molecule has 1 saturated heterocycles. The number of imide groups is 1. The number of amides is 3. The van der Waals surface area contributed by atoms with Crippen LogP contribution in [0, 0.1) is 23.7 Å². The van der Waals surface area contributed by atoms with Gasteiger partial charge in [-0.1, -0.05) is 24.3 Å². The highest BCUT2D eigenvalue weighted by molar-refractivity contribution is 6.22. The van der Waals surface area contributed by atoms with Crippen molar-refractivity contribution in [3.05, 3.63) is 72.2 Å². The molecule has 3 amide bonds. The van der Waals surface area contributed by atoms with Crippen LogP contribution in [0.15, 0.2) is 65.3 Å². The van der Waals surface area contributed by atoms with Gasteiger partial charge in [-0.2, -0.15) is 0 Å². The molecule has 3 aliphatic rings. The van der Waals surface area contributed by atoms with Gasteiger partial charge < -0.3 is 9.73 Å². The second-order valence-electron chi connectivity index (χ2n) is 7.74. The summed E-state index contributed by atoms with van der Waals surface area (Å²) in [5, 5.41) is 2.74. The minimum absolute atomic E-state index is 0.103. The maximum absolute atomic E-state index is 12.9. The van der Waals surface area contributed by atoms with E-state index in [1.165, 1.54) is 11.0 Å². The fraction of sp³-hybridized carbons (Fsp3) is 0.261. The molecule has 0 radical (unpaired) electrons. The van der Waals surface area contributed by atoms with Gasteiger partial charge in [0.05, 0.1) is 30.3 Å². The van der Waals surface area contributed by atoms with Gasteiger partial charge in [0.25, 0.3) is 0 Å². The molecular weight excluding hydrogens is 368 g/mol. The number of nitrogens with one attached hydrogen (secondary N) is 1. The molecule has 2 aromatic rings. The van der Waals surface area contributed by atoms with Crippen molar-refractivity contribution in [1.82, 2.24) is 5.32 Å². The number of benzene rings is 1. The third-order valence-electron chi connectivity index (χ3n) is 6.04. The molecule has 5 rings (SSSR count). The molecule has 0 spiro atoms. The van der Waals surface area contributed by atoms with Crippen molar-refractivity contribution in [3.8, 4) is 0 Å². The summed E-state index contributed by atoms with van der Waals surface area (Å²) in [6.07, 6.45) is 9.73. The maximum atomic E-state index is 12.9. The van der Waals surface area contributed by atoms with Gasteiger partial charge in [-0.3, -0.25) is 14.4 Å². The number of rotatable bonds is 5. The van der Waals surface area contributed by atoms with Crippen LogP contribution in [0.2, 0.25) is 0 Å². The number of carbonyl (C=O) groups excluding carboxylic acids is 3. The Morgan fingerprint density at radius 1 is 1.10 bits per heavy atom. The lowest BCUT2D eigenvalue weighted by molar-refractivity contribution is -0.123. The quantitative estimate of drug-likeness (QED) is 0.485. The summed E-state index contributed by atoms with van der Waals surface area (Å²) in [6, 6.07) is 10.7. The Balaban J connectivity index is 1.29. The molecule has 2 fully saturated rings. The first-order valence-electron chi connectivity index (χ1n) is 9.76. The number of nitrogens with zero attached hydrogens (tertiary/aromatic N) is 1. The van der Waals surface area contributed by atoms with Crippen molar-refractivity contribution in [2.75, 3.05) is 4.90 Å². The van der Waals surface area contributed by atoms with E-state index in [1.54, 1.807) is 42.7 Å². The van der Waals surface area contributed by atoms with Crippen LogP contribution in [0.25, 0.3) is 6.08 Å². The van der Waals surface area contributed by atoms with Crippen molar-refractivity contribution in [2.24, 2.45) is 23.7 Å². The highest BCUT2D eigenvalue weighted by Gasteiger charge is 2.59.